The minimum atomic E-state index is -2.49. The van der Waals surface area contributed by atoms with Crippen LogP contribution in [0.15, 0.2) is 18.2 Å². The van der Waals surface area contributed by atoms with E-state index < -0.39 is 13.0 Å². The van der Waals surface area contributed by atoms with Crippen molar-refractivity contribution in [3.8, 4) is 0 Å². The fourth-order valence-corrected chi connectivity index (χ4v) is 2.42. The second-order valence-electron chi connectivity index (χ2n) is 3.67. The van der Waals surface area contributed by atoms with Gasteiger partial charge in [0.1, 0.15) is 0 Å². The van der Waals surface area contributed by atoms with Crippen LogP contribution in [0.3, 0.4) is 0 Å². The molecule has 0 spiro atoms. The summed E-state index contributed by atoms with van der Waals surface area (Å²) in [7, 11) is 0. The first-order chi connectivity index (χ1) is 7.58. The third-order valence-electron chi connectivity index (χ3n) is 2.56. The molecule has 2 rings (SSSR count). The third-order valence-corrected chi connectivity index (χ3v) is 3.23. The first-order valence-corrected chi connectivity index (χ1v) is 6.03. The molecule has 0 bridgehead atoms. The van der Waals surface area contributed by atoms with E-state index in [0.29, 0.717) is 18.5 Å². The Bertz CT molecular complexity index is 422. The van der Waals surface area contributed by atoms with Crippen LogP contribution in [0.2, 0.25) is 0 Å². The van der Waals surface area contributed by atoms with Crippen molar-refractivity contribution in [3.63, 3.8) is 0 Å². The predicted octanol–water partition coefficient (Wildman–Crippen LogP) is 2.84. The summed E-state index contributed by atoms with van der Waals surface area (Å²) >= 11 is 2.17. The summed E-state index contributed by atoms with van der Waals surface area (Å²) in [6.07, 6.45) is -1.53. The van der Waals surface area contributed by atoms with E-state index in [0.717, 1.165) is 9.13 Å². The highest BCUT2D eigenvalue weighted by Gasteiger charge is 2.26. The number of hydrogen-bond donors (Lipinski definition) is 0. The molecule has 0 fully saturated rings. The average molecular weight is 337 g/mol. The summed E-state index contributed by atoms with van der Waals surface area (Å²) in [4.78, 5) is 12.8. The number of halogens is 3. The van der Waals surface area contributed by atoms with Crippen LogP contribution >= 0.6 is 22.6 Å². The van der Waals surface area contributed by atoms with Gasteiger partial charge in [-0.25, -0.2) is 8.78 Å². The van der Waals surface area contributed by atoms with Gasteiger partial charge in [-0.05, 0) is 52.8 Å². The summed E-state index contributed by atoms with van der Waals surface area (Å²) in [5.74, 6) is -0.214. The molecule has 0 saturated heterocycles. The van der Waals surface area contributed by atoms with Gasteiger partial charge in [-0.3, -0.25) is 4.79 Å². The Labute approximate surface area is 106 Å². The zero-order valence-electron chi connectivity index (χ0n) is 8.42. The van der Waals surface area contributed by atoms with Crippen LogP contribution in [0.5, 0.6) is 0 Å². The summed E-state index contributed by atoms with van der Waals surface area (Å²) in [6.45, 7) is -0.508. The summed E-state index contributed by atoms with van der Waals surface area (Å²) < 4.78 is 25.8. The maximum atomic E-state index is 12.4. The third kappa shape index (κ3) is 2.34. The lowest BCUT2D eigenvalue weighted by Crippen LogP contribution is -2.38. The van der Waals surface area contributed by atoms with E-state index >= 15 is 0 Å². The Balaban J connectivity index is 2.36. The molecule has 0 aliphatic carbocycles. The van der Waals surface area contributed by atoms with E-state index in [-0.39, 0.29) is 5.91 Å². The lowest BCUT2D eigenvalue weighted by molar-refractivity contribution is -0.119. The van der Waals surface area contributed by atoms with Gasteiger partial charge in [0.25, 0.3) is 6.43 Å². The number of carbonyl (C=O) groups excluding carboxylic acids is 1. The van der Waals surface area contributed by atoms with E-state index in [4.69, 9.17) is 0 Å². The molecule has 1 heterocycles. The van der Waals surface area contributed by atoms with Crippen LogP contribution in [0.1, 0.15) is 12.0 Å². The molecule has 5 heteroatoms. The fraction of sp³-hybridized carbons (Fsp3) is 0.364. The van der Waals surface area contributed by atoms with E-state index in [1.807, 2.05) is 12.1 Å². The SMILES string of the molecule is O=C1CCc2cc(I)ccc2N1CC(F)F. The molecule has 0 atom stereocenters. The van der Waals surface area contributed by atoms with Crippen molar-refractivity contribution >= 4 is 34.2 Å². The lowest BCUT2D eigenvalue weighted by Gasteiger charge is -2.29. The normalized spacial score (nSPS) is 15.5. The van der Waals surface area contributed by atoms with E-state index in [2.05, 4.69) is 22.6 Å². The smallest absolute Gasteiger partial charge is 0.256 e. The molecule has 1 aromatic rings. The highest BCUT2D eigenvalue weighted by Crippen LogP contribution is 2.29. The minimum absolute atomic E-state index is 0.214. The first-order valence-electron chi connectivity index (χ1n) is 4.95. The molecule has 1 amide bonds. The zero-order valence-corrected chi connectivity index (χ0v) is 10.6. The maximum absolute atomic E-state index is 12.4. The van der Waals surface area contributed by atoms with Crippen LogP contribution in [0.4, 0.5) is 14.5 Å². The molecule has 1 aliphatic rings. The number of carbonyl (C=O) groups is 1. The van der Waals surface area contributed by atoms with Gasteiger partial charge in [-0.1, -0.05) is 0 Å². The van der Waals surface area contributed by atoms with Crippen molar-refractivity contribution in [2.45, 2.75) is 19.3 Å². The van der Waals surface area contributed by atoms with Gasteiger partial charge in [0.2, 0.25) is 5.91 Å². The van der Waals surface area contributed by atoms with E-state index in [1.165, 1.54) is 4.90 Å². The lowest BCUT2D eigenvalue weighted by atomic mass is 10.0. The number of benzene rings is 1. The van der Waals surface area contributed by atoms with Gasteiger partial charge < -0.3 is 4.90 Å². The van der Waals surface area contributed by atoms with Crippen LogP contribution in [-0.4, -0.2) is 18.9 Å². The maximum Gasteiger partial charge on any atom is 0.256 e. The number of amides is 1. The number of rotatable bonds is 2. The largest absolute Gasteiger partial charge is 0.306 e. The summed E-state index contributed by atoms with van der Waals surface area (Å²) in [6, 6.07) is 5.52. The minimum Gasteiger partial charge on any atom is -0.306 e. The van der Waals surface area contributed by atoms with Gasteiger partial charge in [-0.2, -0.15) is 0 Å². The van der Waals surface area contributed by atoms with Gasteiger partial charge >= 0.3 is 0 Å². The highest BCUT2D eigenvalue weighted by molar-refractivity contribution is 14.1. The van der Waals surface area contributed by atoms with Crippen molar-refractivity contribution < 1.29 is 13.6 Å². The van der Waals surface area contributed by atoms with Gasteiger partial charge in [0, 0.05) is 15.7 Å². The summed E-state index contributed by atoms with van der Waals surface area (Å²) in [5.41, 5.74) is 1.61. The molecule has 0 unspecified atom stereocenters. The van der Waals surface area contributed by atoms with Crippen LogP contribution in [0, 0.1) is 3.57 Å². The number of nitrogens with zero attached hydrogens (tertiary/aromatic N) is 1. The first kappa shape index (κ1) is 11.8. The molecule has 0 saturated carbocycles. The standard InChI is InChI=1S/C11H10F2INO/c12-10(13)6-15-9-3-2-8(14)5-7(9)1-4-11(15)16/h2-3,5,10H,1,4,6H2. The molecule has 1 aliphatic heterocycles. The predicted molar refractivity (Wildman–Crippen MR) is 65.8 cm³/mol. The highest BCUT2D eigenvalue weighted by atomic mass is 127. The molecule has 16 heavy (non-hydrogen) atoms. The van der Waals surface area contributed by atoms with Crippen molar-refractivity contribution in [1.82, 2.24) is 0 Å². The molecular formula is C11H10F2INO. The fourth-order valence-electron chi connectivity index (χ4n) is 1.87. The second kappa shape index (κ2) is 4.65. The second-order valence-corrected chi connectivity index (χ2v) is 4.91. The van der Waals surface area contributed by atoms with Crippen molar-refractivity contribution in [3.05, 3.63) is 27.3 Å². The number of aryl methyl sites for hydroxylation is 1. The number of alkyl halides is 2. The van der Waals surface area contributed by atoms with Crippen LogP contribution in [-0.2, 0) is 11.2 Å². The molecular weight excluding hydrogens is 327 g/mol. The van der Waals surface area contributed by atoms with Crippen LogP contribution in [0.25, 0.3) is 0 Å². The zero-order chi connectivity index (χ0) is 11.7. The Kier molecular flexibility index (Phi) is 3.41. The van der Waals surface area contributed by atoms with Gasteiger partial charge in [0.15, 0.2) is 0 Å². The molecule has 0 aromatic heterocycles. The Morgan fingerprint density at radius 1 is 1.38 bits per heavy atom. The topological polar surface area (TPSA) is 20.3 Å². The average Bonchev–Trinajstić information content (AvgIpc) is 2.22. The van der Waals surface area contributed by atoms with Crippen LogP contribution < -0.4 is 4.90 Å². The quantitative estimate of drug-likeness (QED) is 0.760. The van der Waals surface area contributed by atoms with Gasteiger partial charge in [0.05, 0.1) is 6.54 Å². The van der Waals surface area contributed by atoms with Crippen molar-refractivity contribution in [1.29, 1.82) is 0 Å². The number of anilines is 1. The molecule has 86 valence electrons. The number of hydrogen-bond acceptors (Lipinski definition) is 1. The Morgan fingerprint density at radius 3 is 2.81 bits per heavy atom. The van der Waals surface area contributed by atoms with Crippen molar-refractivity contribution in [2.24, 2.45) is 0 Å². The van der Waals surface area contributed by atoms with E-state index in [9.17, 15) is 13.6 Å². The monoisotopic (exact) mass is 337 g/mol. The molecule has 2 nitrogen and oxygen atoms in total. The van der Waals surface area contributed by atoms with E-state index in [1.54, 1.807) is 6.07 Å². The molecule has 0 radical (unpaired) electrons. The van der Waals surface area contributed by atoms with Gasteiger partial charge in [-0.15, -0.1) is 0 Å². The Morgan fingerprint density at radius 2 is 2.12 bits per heavy atom. The van der Waals surface area contributed by atoms with Crippen molar-refractivity contribution in [2.75, 3.05) is 11.4 Å². The number of fused-ring (bicyclic) bond motifs is 1. The Hall–Kier alpha value is -0.720. The molecule has 1 aromatic carbocycles. The summed E-state index contributed by atoms with van der Waals surface area (Å²) in [5, 5.41) is 0. The molecule has 0 N–H and O–H groups in total.